The molecule has 8 nitrogen and oxygen atoms in total. The fourth-order valence-corrected chi connectivity index (χ4v) is 2.45. The lowest BCUT2D eigenvalue weighted by Crippen LogP contribution is -2.55. The lowest BCUT2D eigenvalue weighted by molar-refractivity contribution is -0.156. The monoisotopic (exact) mass is 347 g/mol. The first-order valence-corrected chi connectivity index (χ1v) is 8.11. The number of amides is 3. The summed E-state index contributed by atoms with van der Waals surface area (Å²) in [7, 11) is 0. The largest absolute Gasteiger partial charge is 0.462 e. The van der Waals surface area contributed by atoms with Crippen molar-refractivity contribution >= 4 is 29.4 Å². The van der Waals surface area contributed by atoms with Crippen molar-refractivity contribution in [1.29, 1.82) is 0 Å². The van der Waals surface area contributed by atoms with Crippen LogP contribution in [0.5, 0.6) is 0 Å². The molecule has 1 N–H and O–H groups in total. The highest BCUT2D eigenvalue weighted by atomic mass is 16.5. The van der Waals surface area contributed by atoms with Gasteiger partial charge in [0.1, 0.15) is 6.54 Å². The van der Waals surface area contributed by atoms with Crippen LogP contribution < -0.4 is 5.32 Å². The van der Waals surface area contributed by atoms with Gasteiger partial charge < -0.3 is 19.9 Å². The molecule has 0 atom stereocenters. The molecule has 0 aliphatic carbocycles. The van der Waals surface area contributed by atoms with Gasteiger partial charge in [0, 0.05) is 25.3 Å². The average Bonchev–Trinajstić information content (AvgIpc) is 2.60. The maximum Gasteiger partial charge on any atom is 0.338 e. The average molecular weight is 347 g/mol. The van der Waals surface area contributed by atoms with Gasteiger partial charge in [0.05, 0.1) is 12.2 Å². The molecule has 2 rings (SSSR count). The van der Waals surface area contributed by atoms with Gasteiger partial charge in [-0.25, -0.2) is 4.79 Å². The number of ether oxygens (including phenoxy) is 1. The van der Waals surface area contributed by atoms with E-state index >= 15 is 0 Å². The van der Waals surface area contributed by atoms with E-state index in [1.54, 1.807) is 38.1 Å². The van der Waals surface area contributed by atoms with Crippen molar-refractivity contribution in [3.05, 3.63) is 29.8 Å². The number of hydrogen-bond acceptors (Lipinski definition) is 5. The van der Waals surface area contributed by atoms with Gasteiger partial charge in [-0.2, -0.15) is 0 Å². The molecule has 1 fully saturated rings. The molecule has 3 amide bonds. The zero-order chi connectivity index (χ0) is 18.4. The summed E-state index contributed by atoms with van der Waals surface area (Å²) in [6, 6.07) is 6.24. The Labute approximate surface area is 145 Å². The van der Waals surface area contributed by atoms with Gasteiger partial charge in [-0.15, -0.1) is 0 Å². The van der Waals surface area contributed by atoms with Crippen molar-refractivity contribution < 1.29 is 23.9 Å². The van der Waals surface area contributed by atoms with Gasteiger partial charge in [-0.1, -0.05) is 0 Å². The van der Waals surface area contributed by atoms with Crippen LogP contribution in [0.4, 0.5) is 5.69 Å². The van der Waals surface area contributed by atoms with Gasteiger partial charge >= 0.3 is 17.8 Å². The summed E-state index contributed by atoms with van der Waals surface area (Å²) in [5.41, 5.74) is 0.875. The number of piperazine rings is 1. The van der Waals surface area contributed by atoms with Crippen molar-refractivity contribution in [1.82, 2.24) is 9.80 Å². The Hall–Kier alpha value is -2.90. The quantitative estimate of drug-likeness (QED) is 0.597. The number of hydrogen-bond donors (Lipinski definition) is 1. The molecule has 1 aromatic rings. The zero-order valence-electron chi connectivity index (χ0n) is 14.3. The summed E-state index contributed by atoms with van der Waals surface area (Å²) in [6.07, 6.45) is 0. The number of nitrogens with zero attached hydrogens (tertiary/aromatic N) is 2. The van der Waals surface area contributed by atoms with E-state index in [4.69, 9.17) is 4.74 Å². The highest BCUT2D eigenvalue weighted by Crippen LogP contribution is 2.11. The molecular formula is C17H21N3O5. The highest BCUT2D eigenvalue weighted by Gasteiger charge is 2.32. The summed E-state index contributed by atoms with van der Waals surface area (Å²) in [5.74, 6) is -2.09. The van der Waals surface area contributed by atoms with E-state index in [1.807, 2.05) is 0 Å². The first-order valence-electron chi connectivity index (χ1n) is 8.11. The van der Waals surface area contributed by atoms with E-state index in [1.165, 1.54) is 9.80 Å². The van der Waals surface area contributed by atoms with Crippen LogP contribution in [0.25, 0.3) is 0 Å². The number of esters is 1. The number of rotatable bonds is 6. The zero-order valence-corrected chi connectivity index (χ0v) is 14.3. The minimum absolute atomic E-state index is 0.193. The molecule has 25 heavy (non-hydrogen) atoms. The molecule has 1 aromatic carbocycles. The second-order valence-corrected chi connectivity index (χ2v) is 5.46. The molecule has 1 aliphatic rings. The van der Waals surface area contributed by atoms with Crippen molar-refractivity contribution in [3.63, 3.8) is 0 Å². The molecular weight excluding hydrogens is 326 g/mol. The van der Waals surface area contributed by atoms with Crippen LogP contribution >= 0.6 is 0 Å². The van der Waals surface area contributed by atoms with E-state index in [0.717, 1.165) is 0 Å². The van der Waals surface area contributed by atoms with Crippen LogP contribution in [0.1, 0.15) is 24.2 Å². The van der Waals surface area contributed by atoms with Crippen molar-refractivity contribution in [2.24, 2.45) is 0 Å². The van der Waals surface area contributed by atoms with Gasteiger partial charge in [0.15, 0.2) is 0 Å². The first-order chi connectivity index (χ1) is 12.0. The number of likely N-dealkylation sites (N-methyl/N-ethyl adjacent to an activating group) is 1. The third-order valence-electron chi connectivity index (χ3n) is 3.79. The topological polar surface area (TPSA) is 96.0 Å². The number of carbonyl (C=O) groups excluding carboxylic acids is 4. The molecule has 1 heterocycles. The molecule has 0 saturated carbocycles. The van der Waals surface area contributed by atoms with E-state index < -0.39 is 23.7 Å². The predicted octanol–water partition coefficient (Wildman–Crippen LogP) is 0.492. The Kier molecular flexibility index (Phi) is 6.10. The van der Waals surface area contributed by atoms with Crippen molar-refractivity contribution in [3.8, 4) is 0 Å². The van der Waals surface area contributed by atoms with Gasteiger partial charge in [0.25, 0.3) is 0 Å². The Bertz CT molecular complexity index is 671. The summed E-state index contributed by atoms with van der Waals surface area (Å²) in [6.45, 7) is 4.83. The number of anilines is 1. The fourth-order valence-electron chi connectivity index (χ4n) is 2.45. The van der Waals surface area contributed by atoms with Crippen LogP contribution in [0.3, 0.4) is 0 Å². The number of nitrogens with one attached hydrogen (secondary N) is 1. The van der Waals surface area contributed by atoms with E-state index in [0.29, 0.717) is 30.9 Å². The minimum Gasteiger partial charge on any atom is -0.462 e. The van der Waals surface area contributed by atoms with Gasteiger partial charge in [0.2, 0.25) is 5.91 Å². The van der Waals surface area contributed by atoms with Crippen molar-refractivity contribution in [2.75, 3.05) is 38.1 Å². The Balaban J connectivity index is 1.91. The third kappa shape index (κ3) is 4.56. The SMILES string of the molecule is CCOC(=O)c1ccc(NC(=O)CN2CCN(CC)C(=O)C2=O)cc1. The molecule has 0 aromatic heterocycles. The molecule has 1 saturated heterocycles. The summed E-state index contributed by atoms with van der Waals surface area (Å²) >= 11 is 0. The summed E-state index contributed by atoms with van der Waals surface area (Å²) < 4.78 is 4.88. The van der Waals surface area contributed by atoms with Gasteiger partial charge in [-0.05, 0) is 38.1 Å². The van der Waals surface area contributed by atoms with Crippen LogP contribution in [0.2, 0.25) is 0 Å². The van der Waals surface area contributed by atoms with Crippen LogP contribution in [0.15, 0.2) is 24.3 Å². The normalized spacial score (nSPS) is 14.5. The van der Waals surface area contributed by atoms with E-state index in [2.05, 4.69) is 5.32 Å². The molecule has 0 bridgehead atoms. The Morgan fingerprint density at radius 2 is 1.64 bits per heavy atom. The summed E-state index contributed by atoms with van der Waals surface area (Å²) in [5, 5.41) is 2.64. The second kappa shape index (κ2) is 8.27. The summed E-state index contributed by atoms with van der Waals surface area (Å²) in [4.78, 5) is 50.1. The smallest absolute Gasteiger partial charge is 0.338 e. The molecule has 0 radical (unpaired) electrons. The third-order valence-corrected chi connectivity index (χ3v) is 3.79. The molecule has 1 aliphatic heterocycles. The van der Waals surface area contributed by atoms with Crippen LogP contribution in [-0.4, -0.2) is 66.3 Å². The molecule has 8 heteroatoms. The van der Waals surface area contributed by atoms with E-state index in [-0.39, 0.29) is 13.2 Å². The van der Waals surface area contributed by atoms with Gasteiger partial charge in [-0.3, -0.25) is 14.4 Å². The first kappa shape index (κ1) is 18.4. The molecule has 0 spiro atoms. The molecule has 134 valence electrons. The number of benzene rings is 1. The second-order valence-electron chi connectivity index (χ2n) is 5.46. The Morgan fingerprint density at radius 1 is 1.04 bits per heavy atom. The molecule has 0 unspecified atom stereocenters. The maximum atomic E-state index is 12.1. The fraction of sp³-hybridized carbons (Fsp3) is 0.412. The highest BCUT2D eigenvalue weighted by molar-refractivity contribution is 6.35. The predicted molar refractivity (Wildman–Crippen MR) is 89.9 cm³/mol. The van der Waals surface area contributed by atoms with E-state index in [9.17, 15) is 19.2 Å². The van der Waals surface area contributed by atoms with Crippen LogP contribution in [-0.2, 0) is 19.1 Å². The maximum absolute atomic E-state index is 12.1. The van der Waals surface area contributed by atoms with Crippen molar-refractivity contribution in [2.45, 2.75) is 13.8 Å². The number of carbonyl (C=O) groups is 4. The van der Waals surface area contributed by atoms with Crippen LogP contribution in [0, 0.1) is 0 Å². The Morgan fingerprint density at radius 3 is 2.24 bits per heavy atom. The standard InChI is InChI=1S/C17H21N3O5/c1-3-19-9-10-20(16(23)15(19)22)11-14(21)18-13-7-5-12(6-8-13)17(24)25-4-2/h5-8H,3-4,9-11H2,1-2H3,(H,18,21). The minimum atomic E-state index is -0.666. The lowest BCUT2D eigenvalue weighted by atomic mass is 10.2. The lowest BCUT2D eigenvalue weighted by Gasteiger charge is -2.32.